The van der Waals surface area contributed by atoms with Crippen LogP contribution < -0.4 is 0 Å². The van der Waals surface area contributed by atoms with Gasteiger partial charge in [0.05, 0.1) is 30.1 Å². The molecule has 0 unspecified atom stereocenters. The normalized spacial score (nSPS) is 19.3. The van der Waals surface area contributed by atoms with Gasteiger partial charge < -0.3 is 9.84 Å². The molecule has 1 saturated heterocycles. The first-order valence-corrected chi connectivity index (χ1v) is 8.24. The summed E-state index contributed by atoms with van der Waals surface area (Å²) in [5.41, 5.74) is 0.142. The van der Waals surface area contributed by atoms with E-state index < -0.39 is 21.5 Å². The molecule has 1 aliphatic rings. The zero-order valence-electron chi connectivity index (χ0n) is 12.1. The van der Waals surface area contributed by atoms with E-state index in [0.29, 0.717) is 25.3 Å². The number of ether oxygens (including phenoxy) is 1. The van der Waals surface area contributed by atoms with Gasteiger partial charge in [-0.1, -0.05) is 12.1 Å². The van der Waals surface area contributed by atoms with E-state index >= 15 is 0 Å². The van der Waals surface area contributed by atoms with Gasteiger partial charge >= 0.3 is 5.97 Å². The summed E-state index contributed by atoms with van der Waals surface area (Å²) in [7, 11) is -3.47. The first-order chi connectivity index (χ1) is 9.72. The molecule has 0 spiro atoms. The fourth-order valence-corrected chi connectivity index (χ4v) is 4.32. The lowest BCUT2D eigenvalue weighted by Crippen LogP contribution is -2.55. The van der Waals surface area contributed by atoms with Crippen molar-refractivity contribution in [3.05, 3.63) is 35.4 Å². The number of carboxylic acids is 1. The molecule has 0 aliphatic carbocycles. The van der Waals surface area contributed by atoms with Gasteiger partial charge in [-0.25, -0.2) is 13.2 Å². The van der Waals surface area contributed by atoms with E-state index in [1.54, 1.807) is 0 Å². The van der Waals surface area contributed by atoms with Gasteiger partial charge in [0.25, 0.3) is 0 Å². The molecular weight excluding hydrogens is 294 g/mol. The van der Waals surface area contributed by atoms with Gasteiger partial charge in [0.2, 0.25) is 10.0 Å². The van der Waals surface area contributed by atoms with Crippen LogP contribution in [-0.2, 0) is 20.5 Å². The highest BCUT2D eigenvalue weighted by molar-refractivity contribution is 7.88. The molecule has 0 saturated carbocycles. The Bertz CT molecular complexity index is 621. The third kappa shape index (κ3) is 3.61. The Morgan fingerprint density at radius 1 is 1.33 bits per heavy atom. The molecule has 0 bridgehead atoms. The number of carboxylic acid groups (broad SMARTS) is 1. The molecule has 0 amide bonds. The number of nitrogens with zero attached hydrogens (tertiary/aromatic N) is 1. The second-order valence-electron chi connectivity index (χ2n) is 5.70. The van der Waals surface area contributed by atoms with Crippen LogP contribution in [0, 0.1) is 0 Å². The van der Waals surface area contributed by atoms with Crippen molar-refractivity contribution < 1.29 is 23.1 Å². The van der Waals surface area contributed by atoms with Crippen LogP contribution in [0.3, 0.4) is 0 Å². The van der Waals surface area contributed by atoms with Crippen LogP contribution in [0.15, 0.2) is 24.3 Å². The standard InChI is InChI=1S/C14H19NO5S/c1-14(2)10-20-8-7-15(14)21(18,19)9-11-3-5-12(6-4-11)13(16)17/h3-6H,7-10H2,1-2H3,(H,16,17). The molecule has 1 aromatic rings. The van der Waals surface area contributed by atoms with Gasteiger partial charge in [0, 0.05) is 6.54 Å². The van der Waals surface area contributed by atoms with Gasteiger partial charge in [-0.3, -0.25) is 0 Å². The molecule has 1 aliphatic heterocycles. The van der Waals surface area contributed by atoms with Crippen molar-refractivity contribution in [2.24, 2.45) is 0 Å². The average Bonchev–Trinajstić information content (AvgIpc) is 2.37. The Balaban J connectivity index is 2.18. The summed E-state index contributed by atoms with van der Waals surface area (Å²) >= 11 is 0. The molecule has 1 heterocycles. The predicted molar refractivity (Wildman–Crippen MR) is 77.6 cm³/mol. The van der Waals surface area contributed by atoms with Crippen molar-refractivity contribution in [3.63, 3.8) is 0 Å². The number of hydrogen-bond donors (Lipinski definition) is 1. The number of benzene rings is 1. The first-order valence-electron chi connectivity index (χ1n) is 6.63. The van der Waals surface area contributed by atoms with Crippen LogP contribution in [-0.4, -0.2) is 49.1 Å². The molecule has 0 atom stereocenters. The lowest BCUT2D eigenvalue weighted by Gasteiger charge is -2.40. The van der Waals surface area contributed by atoms with Crippen molar-refractivity contribution >= 4 is 16.0 Å². The number of sulfonamides is 1. The smallest absolute Gasteiger partial charge is 0.335 e. The summed E-state index contributed by atoms with van der Waals surface area (Å²) in [6.45, 7) is 4.75. The van der Waals surface area contributed by atoms with E-state index in [9.17, 15) is 13.2 Å². The summed E-state index contributed by atoms with van der Waals surface area (Å²) in [5, 5.41) is 8.84. The summed E-state index contributed by atoms with van der Waals surface area (Å²) in [4.78, 5) is 10.8. The monoisotopic (exact) mass is 313 g/mol. The molecule has 6 nitrogen and oxygen atoms in total. The fourth-order valence-electron chi connectivity index (χ4n) is 2.39. The van der Waals surface area contributed by atoms with Crippen LogP contribution in [0.5, 0.6) is 0 Å². The highest BCUT2D eigenvalue weighted by Crippen LogP contribution is 2.25. The van der Waals surface area contributed by atoms with Crippen molar-refractivity contribution in [1.82, 2.24) is 4.31 Å². The molecule has 7 heteroatoms. The van der Waals surface area contributed by atoms with E-state index in [4.69, 9.17) is 9.84 Å². The number of morpholine rings is 1. The van der Waals surface area contributed by atoms with Gasteiger partial charge in [-0.05, 0) is 31.5 Å². The number of carbonyl (C=O) groups is 1. The molecule has 1 fully saturated rings. The van der Waals surface area contributed by atoms with Gasteiger partial charge in [-0.2, -0.15) is 4.31 Å². The zero-order chi connectivity index (χ0) is 15.7. The predicted octanol–water partition coefficient (Wildman–Crippen LogP) is 1.33. The maximum atomic E-state index is 12.5. The third-order valence-electron chi connectivity index (χ3n) is 3.45. The molecule has 2 rings (SSSR count). The highest BCUT2D eigenvalue weighted by Gasteiger charge is 2.38. The Labute approximate surface area is 124 Å². The van der Waals surface area contributed by atoms with E-state index in [2.05, 4.69) is 0 Å². The molecule has 0 radical (unpaired) electrons. The van der Waals surface area contributed by atoms with Crippen LogP contribution >= 0.6 is 0 Å². The van der Waals surface area contributed by atoms with E-state index in [1.165, 1.54) is 28.6 Å². The second kappa shape index (κ2) is 5.75. The average molecular weight is 313 g/mol. The maximum Gasteiger partial charge on any atom is 0.335 e. The van der Waals surface area contributed by atoms with Gasteiger partial charge in [-0.15, -0.1) is 0 Å². The van der Waals surface area contributed by atoms with Crippen molar-refractivity contribution in [1.29, 1.82) is 0 Å². The summed E-state index contributed by atoms with van der Waals surface area (Å²) < 4.78 is 31.9. The summed E-state index contributed by atoms with van der Waals surface area (Å²) in [6, 6.07) is 5.90. The third-order valence-corrected chi connectivity index (χ3v) is 5.50. The number of hydrogen-bond acceptors (Lipinski definition) is 4. The van der Waals surface area contributed by atoms with Crippen LogP contribution in [0.4, 0.5) is 0 Å². The Kier molecular flexibility index (Phi) is 4.36. The lowest BCUT2D eigenvalue weighted by atomic mass is 10.1. The van der Waals surface area contributed by atoms with E-state index in [1.807, 2.05) is 13.8 Å². The zero-order valence-corrected chi connectivity index (χ0v) is 12.9. The van der Waals surface area contributed by atoms with Crippen LogP contribution in [0.1, 0.15) is 29.8 Å². The Morgan fingerprint density at radius 3 is 2.48 bits per heavy atom. The van der Waals surface area contributed by atoms with Crippen molar-refractivity contribution in [2.75, 3.05) is 19.8 Å². The summed E-state index contributed by atoms with van der Waals surface area (Å²) in [6.07, 6.45) is 0. The van der Waals surface area contributed by atoms with Crippen molar-refractivity contribution in [3.8, 4) is 0 Å². The summed E-state index contributed by atoms with van der Waals surface area (Å²) in [5.74, 6) is -1.17. The minimum Gasteiger partial charge on any atom is -0.478 e. The Morgan fingerprint density at radius 2 is 1.95 bits per heavy atom. The maximum absolute atomic E-state index is 12.5. The second-order valence-corrected chi connectivity index (χ2v) is 7.59. The van der Waals surface area contributed by atoms with Gasteiger partial charge in [0.15, 0.2) is 0 Å². The quantitative estimate of drug-likeness (QED) is 0.906. The SMILES string of the molecule is CC1(C)COCCN1S(=O)(=O)Cc1ccc(C(=O)O)cc1. The minimum absolute atomic E-state index is 0.142. The fraction of sp³-hybridized carbons (Fsp3) is 0.500. The molecular formula is C14H19NO5S. The molecule has 116 valence electrons. The molecule has 1 N–H and O–H groups in total. The first kappa shape index (κ1) is 15.9. The Hall–Kier alpha value is -1.44. The van der Waals surface area contributed by atoms with Crippen LogP contribution in [0.25, 0.3) is 0 Å². The highest BCUT2D eigenvalue weighted by atomic mass is 32.2. The largest absolute Gasteiger partial charge is 0.478 e. The number of aromatic carboxylic acids is 1. The molecule has 1 aromatic carbocycles. The van der Waals surface area contributed by atoms with E-state index in [-0.39, 0.29) is 11.3 Å². The minimum atomic E-state index is -3.47. The topological polar surface area (TPSA) is 83.9 Å². The van der Waals surface area contributed by atoms with Crippen molar-refractivity contribution in [2.45, 2.75) is 25.1 Å². The van der Waals surface area contributed by atoms with Gasteiger partial charge in [0.1, 0.15) is 0 Å². The number of rotatable bonds is 4. The van der Waals surface area contributed by atoms with Crippen LogP contribution in [0.2, 0.25) is 0 Å². The van der Waals surface area contributed by atoms with E-state index in [0.717, 1.165) is 0 Å². The molecule has 21 heavy (non-hydrogen) atoms. The molecule has 0 aromatic heterocycles. The lowest BCUT2D eigenvalue weighted by molar-refractivity contribution is -0.00777.